The van der Waals surface area contributed by atoms with Gasteiger partial charge in [-0.3, -0.25) is 0 Å². The number of hydrogen-bond donors (Lipinski definition) is 0. The van der Waals surface area contributed by atoms with Gasteiger partial charge in [-0.2, -0.15) is 0 Å². The minimum atomic E-state index is -0.295. The van der Waals surface area contributed by atoms with Crippen molar-refractivity contribution in [3.63, 3.8) is 0 Å². The van der Waals surface area contributed by atoms with E-state index in [1.165, 1.54) is 6.07 Å². The first-order valence-electron chi connectivity index (χ1n) is 5.76. The number of aryl methyl sites for hydroxylation is 2. The fraction of sp³-hybridized carbons (Fsp3) is 0.200. The maximum absolute atomic E-state index is 13.9. The van der Waals surface area contributed by atoms with Gasteiger partial charge in [0.2, 0.25) is 0 Å². The molecule has 2 rings (SSSR count). The molecule has 100 valence electrons. The van der Waals surface area contributed by atoms with Gasteiger partial charge in [-0.25, -0.2) is 8.78 Å². The summed E-state index contributed by atoms with van der Waals surface area (Å²) in [6.07, 6.45) is 0. The topological polar surface area (TPSA) is 0 Å². The molecule has 0 saturated carbocycles. The van der Waals surface area contributed by atoms with E-state index in [0.29, 0.717) is 21.2 Å². The van der Waals surface area contributed by atoms with E-state index in [1.807, 2.05) is 0 Å². The van der Waals surface area contributed by atoms with Crippen molar-refractivity contribution in [3.05, 3.63) is 68.7 Å². The Bertz CT molecular complexity index is 601. The van der Waals surface area contributed by atoms with Crippen molar-refractivity contribution in [3.8, 4) is 0 Å². The van der Waals surface area contributed by atoms with E-state index in [2.05, 4.69) is 31.9 Å². The maximum Gasteiger partial charge on any atom is 0.129 e. The number of rotatable bonds is 2. The van der Waals surface area contributed by atoms with E-state index < -0.39 is 0 Å². The zero-order valence-electron chi connectivity index (χ0n) is 10.5. The zero-order valence-corrected chi connectivity index (χ0v) is 13.6. The molecule has 19 heavy (non-hydrogen) atoms. The zero-order chi connectivity index (χ0) is 14.2. The molecule has 0 radical (unpaired) electrons. The van der Waals surface area contributed by atoms with Crippen LogP contribution in [0.1, 0.15) is 27.1 Å². The van der Waals surface area contributed by atoms with Crippen LogP contribution in [0, 0.1) is 25.5 Å². The highest BCUT2D eigenvalue weighted by Gasteiger charge is 2.17. The van der Waals surface area contributed by atoms with Crippen LogP contribution < -0.4 is 0 Å². The predicted octanol–water partition coefficient (Wildman–Crippen LogP) is 5.83. The summed E-state index contributed by atoms with van der Waals surface area (Å²) in [5.74, 6) is -0.504. The quantitative estimate of drug-likeness (QED) is 0.567. The van der Waals surface area contributed by atoms with Crippen molar-refractivity contribution in [2.24, 2.45) is 0 Å². The van der Waals surface area contributed by atoms with E-state index in [9.17, 15) is 8.78 Å². The van der Waals surface area contributed by atoms with Crippen LogP contribution in [0.2, 0.25) is 0 Å². The lowest BCUT2D eigenvalue weighted by atomic mass is 10.00. The molecule has 0 nitrogen and oxygen atoms in total. The summed E-state index contributed by atoms with van der Waals surface area (Å²) >= 11 is 6.71. The molecule has 0 aliphatic heterocycles. The van der Waals surface area contributed by atoms with Gasteiger partial charge in [-0.1, -0.05) is 50.1 Å². The Labute approximate surface area is 128 Å². The molecule has 0 spiro atoms. The molecule has 1 unspecified atom stereocenters. The monoisotopic (exact) mass is 388 g/mol. The molecule has 0 fully saturated rings. The smallest absolute Gasteiger partial charge is 0.129 e. The van der Waals surface area contributed by atoms with Crippen molar-refractivity contribution in [2.45, 2.75) is 18.7 Å². The lowest BCUT2D eigenvalue weighted by Gasteiger charge is -2.14. The molecule has 2 aromatic rings. The van der Waals surface area contributed by atoms with Gasteiger partial charge < -0.3 is 0 Å². The highest BCUT2D eigenvalue weighted by molar-refractivity contribution is 9.10. The third-order valence-electron chi connectivity index (χ3n) is 2.99. The Hall–Kier alpha value is -0.740. The second-order valence-corrected chi connectivity index (χ2v) is 6.33. The van der Waals surface area contributed by atoms with Crippen LogP contribution >= 0.6 is 31.9 Å². The highest BCUT2D eigenvalue weighted by atomic mass is 79.9. The summed E-state index contributed by atoms with van der Waals surface area (Å²) < 4.78 is 28.2. The Morgan fingerprint density at radius 3 is 2.11 bits per heavy atom. The number of alkyl halides is 1. The first-order chi connectivity index (χ1) is 8.90. The van der Waals surface area contributed by atoms with Gasteiger partial charge in [-0.15, -0.1) is 0 Å². The minimum absolute atomic E-state index is 0.209. The minimum Gasteiger partial charge on any atom is -0.207 e. The van der Waals surface area contributed by atoms with Gasteiger partial charge in [0.25, 0.3) is 0 Å². The fourth-order valence-corrected chi connectivity index (χ4v) is 2.98. The van der Waals surface area contributed by atoms with Crippen LogP contribution in [0.3, 0.4) is 0 Å². The molecule has 0 aromatic heterocycles. The van der Waals surface area contributed by atoms with Crippen molar-refractivity contribution in [1.29, 1.82) is 0 Å². The van der Waals surface area contributed by atoms with Crippen molar-refractivity contribution >= 4 is 31.9 Å². The first-order valence-corrected chi connectivity index (χ1v) is 7.46. The first kappa shape index (κ1) is 14.7. The number of halogens is 4. The summed E-state index contributed by atoms with van der Waals surface area (Å²) in [5, 5.41) is 0. The molecule has 0 heterocycles. The molecule has 0 saturated heterocycles. The second-order valence-electron chi connectivity index (χ2n) is 4.50. The average Bonchev–Trinajstić information content (AvgIpc) is 2.34. The second kappa shape index (κ2) is 5.71. The standard InChI is InChI=1S/C15H12Br2F2/c1-8-5-10(6-9(2)15(8)19)14(17)12-4-3-11(16)7-13(12)18/h3-7,14H,1-2H3. The van der Waals surface area contributed by atoms with E-state index in [-0.39, 0.29) is 16.5 Å². The van der Waals surface area contributed by atoms with Gasteiger partial charge in [0.1, 0.15) is 11.6 Å². The van der Waals surface area contributed by atoms with E-state index in [4.69, 9.17) is 0 Å². The maximum atomic E-state index is 13.9. The van der Waals surface area contributed by atoms with E-state index >= 15 is 0 Å². The fourth-order valence-electron chi connectivity index (χ4n) is 2.01. The van der Waals surface area contributed by atoms with Crippen molar-refractivity contribution in [1.82, 2.24) is 0 Å². The van der Waals surface area contributed by atoms with E-state index in [0.717, 1.165) is 5.56 Å². The SMILES string of the molecule is Cc1cc(C(Br)c2ccc(Br)cc2F)cc(C)c1F. The van der Waals surface area contributed by atoms with Gasteiger partial charge in [0.15, 0.2) is 0 Å². The molecule has 1 atom stereocenters. The highest BCUT2D eigenvalue weighted by Crippen LogP contribution is 2.34. The van der Waals surface area contributed by atoms with Gasteiger partial charge in [0, 0.05) is 10.0 Å². The molecule has 0 amide bonds. The third kappa shape index (κ3) is 3.06. The van der Waals surface area contributed by atoms with E-state index in [1.54, 1.807) is 38.1 Å². The Morgan fingerprint density at radius 2 is 1.58 bits per heavy atom. The summed E-state index contributed by atoms with van der Waals surface area (Å²) in [5.41, 5.74) is 2.51. The van der Waals surface area contributed by atoms with Crippen LogP contribution in [0.15, 0.2) is 34.8 Å². The summed E-state index contributed by atoms with van der Waals surface area (Å²) in [6, 6.07) is 8.40. The molecule has 0 aliphatic rings. The molecular weight excluding hydrogens is 378 g/mol. The summed E-state index contributed by atoms with van der Waals surface area (Å²) in [4.78, 5) is -0.293. The van der Waals surface area contributed by atoms with Gasteiger partial charge in [0.05, 0.1) is 4.83 Å². The largest absolute Gasteiger partial charge is 0.207 e. The van der Waals surface area contributed by atoms with Crippen molar-refractivity contribution in [2.75, 3.05) is 0 Å². The van der Waals surface area contributed by atoms with Gasteiger partial charge >= 0.3 is 0 Å². The Kier molecular flexibility index (Phi) is 4.41. The van der Waals surface area contributed by atoms with Crippen LogP contribution in [0.4, 0.5) is 8.78 Å². The van der Waals surface area contributed by atoms with Crippen LogP contribution in [-0.4, -0.2) is 0 Å². The van der Waals surface area contributed by atoms with Crippen molar-refractivity contribution < 1.29 is 8.78 Å². The third-order valence-corrected chi connectivity index (χ3v) is 4.50. The average molecular weight is 390 g/mol. The van der Waals surface area contributed by atoms with Crippen LogP contribution in [0.5, 0.6) is 0 Å². The predicted molar refractivity (Wildman–Crippen MR) is 80.7 cm³/mol. The summed E-state index contributed by atoms with van der Waals surface area (Å²) in [7, 11) is 0. The summed E-state index contributed by atoms with van der Waals surface area (Å²) in [6.45, 7) is 3.42. The Morgan fingerprint density at radius 1 is 1.00 bits per heavy atom. The lowest BCUT2D eigenvalue weighted by molar-refractivity contribution is 0.606. The molecular formula is C15H12Br2F2. The number of hydrogen-bond acceptors (Lipinski definition) is 0. The lowest BCUT2D eigenvalue weighted by Crippen LogP contribution is -1.99. The van der Waals surface area contributed by atoms with Gasteiger partial charge in [-0.05, 0) is 42.7 Å². The normalized spacial score (nSPS) is 12.5. The molecule has 0 bridgehead atoms. The number of benzene rings is 2. The Balaban J connectivity index is 2.47. The molecule has 0 aliphatic carbocycles. The molecule has 0 N–H and O–H groups in total. The van der Waals surface area contributed by atoms with Crippen LogP contribution in [-0.2, 0) is 0 Å². The molecule has 4 heteroatoms. The molecule has 2 aromatic carbocycles. The van der Waals surface area contributed by atoms with Crippen LogP contribution in [0.25, 0.3) is 0 Å².